The maximum absolute atomic E-state index is 10.5. The fourth-order valence-electron chi connectivity index (χ4n) is 2.20. The molecule has 0 bridgehead atoms. The van der Waals surface area contributed by atoms with E-state index in [9.17, 15) is 5.11 Å². The molecule has 3 atom stereocenters. The predicted octanol–water partition coefficient (Wildman–Crippen LogP) is 0.805. The summed E-state index contributed by atoms with van der Waals surface area (Å²) in [6.45, 7) is 3.88. The van der Waals surface area contributed by atoms with Gasteiger partial charge in [-0.3, -0.25) is 0 Å². The summed E-state index contributed by atoms with van der Waals surface area (Å²) < 4.78 is 7.41. The lowest BCUT2D eigenvalue weighted by Gasteiger charge is -2.25. The number of hydrogen-bond acceptors (Lipinski definition) is 3. The Hall–Kier alpha value is -0.870. The van der Waals surface area contributed by atoms with Crippen molar-refractivity contribution < 1.29 is 9.84 Å². The summed E-state index contributed by atoms with van der Waals surface area (Å²) in [6.07, 6.45) is 3.96. The van der Waals surface area contributed by atoms with E-state index < -0.39 is 5.60 Å². The van der Waals surface area contributed by atoms with Gasteiger partial charge in [0.1, 0.15) is 5.60 Å². The Kier molecular flexibility index (Phi) is 2.12. The third-order valence-electron chi connectivity index (χ3n) is 2.97. The van der Waals surface area contributed by atoms with Gasteiger partial charge in [0.2, 0.25) is 0 Å². The molecule has 0 radical (unpaired) electrons. The predicted molar refractivity (Wildman–Crippen MR) is 51.7 cm³/mol. The molecule has 3 unspecified atom stereocenters. The maximum atomic E-state index is 10.5. The topological polar surface area (TPSA) is 47.3 Å². The summed E-state index contributed by atoms with van der Waals surface area (Å²) in [5, 5.41) is 10.5. The Morgan fingerprint density at radius 2 is 2.36 bits per heavy atom. The summed E-state index contributed by atoms with van der Waals surface area (Å²) >= 11 is 0. The highest BCUT2D eigenvalue weighted by Gasteiger charge is 2.46. The molecule has 2 rings (SSSR count). The Morgan fingerprint density at radius 1 is 1.64 bits per heavy atom. The molecule has 2 heterocycles. The van der Waals surface area contributed by atoms with Crippen molar-refractivity contribution >= 4 is 0 Å². The molecular weight excluding hydrogens is 180 g/mol. The van der Waals surface area contributed by atoms with Crippen LogP contribution in [-0.4, -0.2) is 26.9 Å². The van der Waals surface area contributed by atoms with Crippen molar-refractivity contribution in [3.05, 3.63) is 18.2 Å². The van der Waals surface area contributed by atoms with E-state index >= 15 is 0 Å². The third kappa shape index (κ3) is 1.26. The second-order valence-corrected chi connectivity index (χ2v) is 4.11. The fraction of sp³-hybridized carbons (Fsp3) is 0.700. The van der Waals surface area contributed by atoms with Gasteiger partial charge in [0.15, 0.2) is 0 Å². The van der Waals surface area contributed by atoms with Gasteiger partial charge in [0, 0.05) is 13.5 Å². The summed E-state index contributed by atoms with van der Waals surface area (Å²) in [4.78, 5) is 4.02. The van der Waals surface area contributed by atoms with Crippen LogP contribution in [0.5, 0.6) is 0 Å². The summed E-state index contributed by atoms with van der Waals surface area (Å²) in [5.74, 6) is 0. The lowest BCUT2D eigenvalue weighted by molar-refractivity contribution is -0.0434. The van der Waals surface area contributed by atoms with Crippen molar-refractivity contribution in [3.8, 4) is 0 Å². The second-order valence-electron chi connectivity index (χ2n) is 4.11. The van der Waals surface area contributed by atoms with E-state index in [1.807, 2.05) is 25.5 Å². The van der Waals surface area contributed by atoms with E-state index in [2.05, 4.69) is 4.98 Å². The first kappa shape index (κ1) is 9.68. The summed E-state index contributed by atoms with van der Waals surface area (Å²) in [6, 6.07) is 0. The van der Waals surface area contributed by atoms with Crippen LogP contribution in [0.2, 0.25) is 0 Å². The van der Waals surface area contributed by atoms with Gasteiger partial charge in [-0.1, -0.05) is 0 Å². The minimum Gasteiger partial charge on any atom is -0.381 e. The van der Waals surface area contributed by atoms with Crippen molar-refractivity contribution in [3.63, 3.8) is 0 Å². The molecule has 0 aromatic carbocycles. The molecule has 0 spiro atoms. The average Bonchev–Trinajstić information content (AvgIpc) is 2.59. The van der Waals surface area contributed by atoms with Crippen LogP contribution >= 0.6 is 0 Å². The van der Waals surface area contributed by atoms with Crippen LogP contribution in [0.1, 0.15) is 26.0 Å². The second kappa shape index (κ2) is 3.07. The first-order valence-electron chi connectivity index (χ1n) is 4.88. The average molecular weight is 196 g/mol. The lowest BCUT2D eigenvalue weighted by atomic mass is 9.91. The molecule has 1 N–H and O–H groups in total. The van der Waals surface area contributed by atoms with E-state index in [0.29, 0.717) is 6.42 Å². The smallest absolute Gasteiger partial charge is 0.134 e. The monoisotopic (exact) mass is 196 g/mol. The lowest BCUT2D eigenvalue weighted by Crippen LogP contribution is -2.35. The summed E-state index contributed by atoms with van der Waals surface area (Å²) in [7, 11) is 1.88. The van der Waals surface area contributed by atoms with Gasteiger partial charge in [0.05, 0.1) is 30.4 Å². The van der Waals surface area contributed by atoms with Gasteiger partial charge >= 0.3 is 0 Å². The van der Waals surface area contributed by atoms with Crippen LogP contribution in [0.3, 0.4) is 0 Å². The zero-order chi connectivity index (χ0) is 10.3. The molecule has 1 fully saturated rings. The van der Waals surface area contributed by atoms with Gasteiger partial charge in [-0.2, -0.15) is 0 Å². The third-order valence-corrected chi connectivity index (χ3v) is 2.97. The molecular formula is C10H16N2O2. The van der Waals surface area contributed by atoms with Crippen LogP contribution in [0.4, 0.5) is 0 Å². The molecule has 4 nitrogen and oxygen atoms in total. The van der Waals surface area contributed by atoms with Gasteiger partial charge in [-0.25, -0.2) is 4.98 Å². The number of aromatic nitrogens is 2. The highest BCUT2D eigenvalue weighted by Crippen LogP contribution is 2.38. The van der Waals surface area contributed by atoms with E-state index in [1.165, 1.54) is 0 Å². The molecule has 14 heavy (non-hydrogen) atoms. The van der Waals surface area contributed by atoms with Crippen LogP contribution in [-0.2, 0) is 17.4 Å². The maximum Gasteiger partial charge on any atom is 0.134 e. The van der Waals surface area contributed by atoms with Gasteiger partial charge in [0.25, 0.3) is 0 Å². The number of ether oxygens (including phenoxy) is 1. The number of nitrogens with zero attached hydrogens (tertiary/aromatic N) is 2. The molecule has 1 saturated heterocycles. The molecule has 4 heteroatoms. The largest absolute Gasteiger partial charge is 0.381 e. The quantitative estimate of drug-likeness (QED) is 0.723. The van der Waals surface area contributed by atoms with E-state index in [4.69, 9.17) is 4.74 Å². The zero-order valence-electron chi connectivity index (χ0n) is 8.77. The van der Waals surface area contributed by atoms with E-state index in [1.54, 1.807) is 12.5 Å². The molecule has 0 aliphatic carbocycles. The minimum absolute atomic E-state index is 0.102. The molecule has 1 aromatic heterocycles. The number of imidazole rings is 1. The van der Waals surface area contributed by atoms with Gasteiger partial charge in [-0.15, -0.1) is 0 Å². The van der Waals surface area contributed by atoms with Crippen LogP contribution in [0.15, 0.2) is 12.5 Å². The van der Waals surface area contributed by atoms with Crippen LogP contribution in [0.25, 0.3) is 0 Å². The SMILES string of the molecule is CC1CC(O)(c2cncn2C)C(C)O1. The van der Waals surface area contributed by atoms with Gasteiger partial charge < -0.3 is 14.4 Å². The molecule has 0 saturated carbocycles. The van der Waals surface area contributed by atoms with Crippen LogP contribution in [0, 0.1) is 0 Å². The van der Waals surface area contributed by atoms with Crippen molar-refractivity contribution in [2.75, 3.05) is 0 Å². The highest BCUT2D eigenvalue weighted by molar-refractivity contribution is 5.15. The fourth-order valence-corrected chi connectivity index (χ4v) is 2.20. The van der Waals surface area contributed by atoms with Gasteiger partial charge in [-0.05, 0) is 13.8 Å². The Bertz CT molecular complexity index is 337. The molecule has 1 aromatic rings. The van der Waals surface area contributed by atoms with E-state index in [-0.39, 0.29) is 12.2 Å². The highest BCUT2D eigenvalue weighted by atomic mass is 16.5. The first-order valence-corrected chi connectivity index (χ1v) is 4.88. The van der Waals surface area contributed by atoms with E-state index in [0.717, 1.165) is 5.69 Å². The van der Waals surface area contributed by atoms with Crippen LogP contribution < -0.4 is 0 Å². The zero-order valence-corrected chi connectivity index (χ0v) is 8.77. The molecule has 78 valence electrons. The first-order chi connectivity index (χ1) is 6.54. The Morgan fingerprint density at radius 3 is 2.79 bits per heavy atom. The molecule has 0 amide bonds. The number of aryl methyl sites for hydroxylation is 1. The minimum atomic E-state index is -0.884. The molecule has 1 aliphatic rings. The number of aliphatic hydroxyl groups is 1. The number of rotatable bonds is 1. The summed E-state index contributed by atoms with van der Waals surface area (Å²) in [5.41, 5.74) is -0.0562. The normalized spacial score (nSPS) is 37.7. The van der Waals surface area contributed by atoms with Crippen molar-refractivity contribution in [1.82, 2.24) is 9.55 Å². The standard InChI is InChI=1S/C10H16N2O2/c1-7-4-10(13,8(2)14-7)9-5-11-6-12(9)3/h5-8,13H,4H2,1-3H3. The Labute approximate surface area is 83.5 Å². The van der Waals surface area contributed by atoms with Crippen molar-refractivity contribution in [1.29, 1.82) is 0 Å². The molecule has 1 aliphatic heterocycles. The number of hydrogen-bond donors (Lipinski definition) is 1. The Balaban J connectivity index is 2.37. The van der Waals surface area contributed by atoms with Crippen molar-refractivity contribution in [2.24, 2.45) is 7.05 Å². The van der Waals surface area contributed by atoms with Crippen molar-refractivity contribution in [2.45, 2.75) is 38.1 Å².